The van der Waals surface area contributed by atoms with Gasteiger partial charge in [0.1, 0.15) is 0 Å². The molecule has 0 aliphatic rings. The second kappa shape index (κ2) is 6.18. The molecule has 2 nitrogen and oxygen atoms in total. The molecule has 0 spiro atoms. The first-order chi connectivity index (χ1) is 5.22. The van der Waals surface area contributed by atoms with Crippen molar-refractivity contribution in [3.8, 4) is 6.07 Å². The van der Waals surface area contributed by atoms with Crippen molar-refractivity contribution in [1.29, 1.82) is 5.26 Å². The summed E-state index contributed by atoms with van der Waals surface area (Å²) in [5, 5.41) is 17.0. The van der Waals surface area contributed by atoms with Crippen molar-refractivity contribution in [1.82, 2.24) is 0 Å². The Morgan fingerprint density at radius 1 is 1.36 bits per heavy atom. The Balaban J connectivity index is 3.48. The van der Waals surface area contributed by atoms with E-state index in [2.05, 4.69) is 19.9 Å². The third-order valence-electron chi connectivity index (χ3n) is 2.20. The maximum Gasteiger partial charge on any atom is 0.0624 e. The molecule has 0 amide bonds. The number of rotatable bonds is 5. The van der Waals surface area contributed by atoms with Gasteiger partial charge in [0, 0.05) is 13.0 Å². The molecule has 64 valence electrons. The second-order valence-electron chi connectivity index (χ2n) is 3.18. The Bertz CT molecular complexity index is 128. The third kappa shape index (κ3) is 4.80. The molecule has 0 saturated carbocycles. The van der Waals surface area contributed by atoms with E-state index < -0.39 is 0 Å². The van der Waals surface area contributed by atoms with Crippen LogP contribution in [0.4, 0.5) is 0 Å². The van der Waals surface area contributed by atoms with E-state index in [-0.39, 0.29) is 6.61 Å². The number of nitriles is 1. The fourth-order valence-corrected chi connectivity index (χ4v) is 1.04. The summed E-state index contributed by atoms with van der Waals surface area (Å²) in [6, 6.07) is 2.16. The maximum atomic E-state index is 8.56. The predicted octanol–water partition coefficient (Wildman–Crippen LogP) is 1.94. The van der Waals surface area contributed by atoms with Crippen LogP contribution in [0.25, 0.3) is 0 Å². The first-order valence-electron chi connectivity index (χ1n) is 4.20. The summed E-state index contributed by atoms with van der Waals surface area (Å²) in [5.74, 6) is 1.02. The van der Waals surface area contributed by atoms with Crippen LogP contribution in [0.2, 0.25) is 0 Å². The Hall–Kier alpha value is -0.550. The molecule has 2 heteroatoms. The molecule has 0 saturated heterocycles. The SMILES string of the molecule is CC(CC#N)C(C)CCCO. The lowest BCUT2D eigenvalue weighted by atomic mass is 9.90. The molecular formula is C9H17NO. The van der Waals surface area contributed by atoms with Crippen LogP contribution in [0, 0.1) is 23.2 Å². The maximum absolute atomic E-state index is 8.56. The van der Waals surface area contributed by atoms with Crippen molar-refractivity contribution in [2.45, 2.75) is 33.1 Å². The fourth-order valence-electron chi connectivity index (χ4n) is 1.04. The Kier molecular flexibility index (Phi) is 5.87. The molecule has 0 fully saturated rings. The van der Waals surface area contributed by atoms with Gasteiger partial charge in [-0.05, 0) is 24.7 Å². The molecule has 0 aromatic rings. The normalized spacial score (nSPS) is 15.5. The van der Waals surface area contributed by atoms with E-state index in [4.69, 9.17) is 10.4 Å². The first-order valence-corrected chi connectivity index (χ1v) is 4.20. The molecule has 0 aliphatic heterocycles. The zero-order valence-corrected chi connectivity index (χ0v) is 7.38. The van der Waals surface area contributed by atoms with Crippen LogP contribution < -0.4 is 0 Å². The standard InChI is InChI=1S/C9H17NO/c1-8(4-3-7-11)9(2)5-6-10/h8-9,11H,3-5,7H2,1-2H3. The zero-order valence-electron chi connectivity index (χ0n) is 7.38. The van der Waals surface area contributed by atoms with Gasteiger partial charge in [0.25, 0.3) is 0 Å². The van der Waals surface area contributed by atoms with Crippen molar-refractivity contribution in [2.24, 2.45) is 11.8 Å². The fraction of sp³-hybridized carbons (Fsp3) is 0.889. The van der Waals surface area contributed by atoms with E-state index in [0.717, 1.165) is 12.8 Å². The molecule has 1 N–H and O–H groups in total. The molecule has 2 atom stereocenters. The van der Waals surface area contributed by atoms with Crippen LogP contribution >= 0.6 is 0 Å². The van der Waals surface area contributed by atoms with E-state index in [0.29, 0.717) is 18.3 Å². The lowest BCUT2D eigenvalue weighted by Gasteiger charge is -2.15. The Morgan fingerprint density at radius 2 is 2.00 bits per heavy atom. The zero-order chi connectivity index (χ0) is 8.69. The molecule has 0 heterocycles. The highest BCUT2D eigenvalue weighted by Crippen LogP contribution is 2.18. The highest BCUT2D eigenvalue weighted by molar-refractivity contribution is 4.76. The van der Waals surface area contributed by atoms with Crippen molar-refractivity contribution in [3.05, 3.63) is 0 Å². The first kappa shape index (κ1) is 10.4. The number of aliphatic hydroxyl groups excluding tert-OH is 1. The van der Waals surface area contributed by atoms with Crippen LogP contribution in [0.1, 0.15) is 33.1 Å². The molecule has 0 radical (unpaired) electrons. The molecule has 0 rings (SSSR count). The minimum atomic E-state index is 0.267. The number of nitrogens with zero attached hydrogens (tertiary/aromatic N) is 1. The van der Waals surface area contributed by atoms with Crippen molar-refractivity contribution < 1.29 is 5.11 Å². The summed E-state index contributed by atoms with van der Waals surface area (Å²) in [4.78, 5) is 0. The van der Waals surface area contributed by atoms with Gasteiger partial charge in [-0.3, -0.25) is 0 Å². The Morgan fingerprint density at radius 3 is 2.45 bits per heavy atom. The summed E-state index contributed by atoms with van der Waals surface area (Å²) >= 11 is 0. The van der Waals surface area contributed by atoms with Gasteiger partial charge in [-0.2, -0.15) is 5.26 Å². The van der Waals surface area contributed by atoms with Gasteiger partial charge in [-0.25, -0.2) is 0 Å². The minimum absolute atomic E-state index is 0.267. The summed E-state index contributed by atoms with van der Waals surface area (Å²) < 4.78 is 0. The van der Waals surface area contributed by atoms with Crippen LogP contribution in [-0.2, 0) is 0 Å². The molecule has 2 unspecified atom stereocenters. The van der Waals surface area contributed by atoms with E-state index in [1.165, 1.54) is 0 Å². The van der Waals surface area contributed by atoms with Crippen molar-refractivity contribution >= 4 is 0 Å². The average molecular weight is 155 g/mol. The largest absolute Gasteiger partial charge is 0.396 e. The van der Waals surface area contributed by atoms with Gasteiger partial charge in [0.2, 0.25) is 0 Å². The van der Waals surface area contributed by atoms with E-state index in [1.54, 1.807) is 0 Å². The molecule has 0 aliphatic carbocycles. The van der Waals surface area contributed by atoms with Gasteiger partial charge in [0.15, 0.2) is 0 Å². The van der Waals surface area contributed by atoms with Gasteiger partial charge >= 0.3 is 0 Å². The summed E-state index contributed by atoms with van der Waals surface area (Å²) in [7, 11) is 0. The average Bonchev–Trinajstić information content (AvgIpc) is 2.00. The minimum Gasteiger partial charge on any atom is -0.396 e. The third-order valence-corrected chi connectivity index (χ3v) is 2.20. The number of hydrogen-bond donors (Lipinski definition) is 1. The van der Waals surface area contributed by atoms with Crippen molar-refractivity contribution in [2.75, 3.05) is 6.61 Å². The van der Waals surface area contributed by atoms with Gasteiger partial charge in [-0.1, -0.05) is 13.8 Å². The van der Waals surface area contributed by atoms with E-state index >= 15 is 0 Å². The van der Waals surface area contributed by atoms with Crippen LogP contribution in [0.15, 0.2) is 0 Å². The summed E-state index contributed by atoms with van der Waals surface area (Å²) in [6.45, 7) is 4.49. The summed E-state index contributed by atoms with van der Waals surface area (Å²) in [5.41, 5.74) is 0. The van der Waals surface area contributed by atoms with Gasteiger partial charge in [0.05, 0.1) is 6.07 Å². The van der Waals surface area contributed by atoms with E-state index in [1.807, 2.05) is 0 Å². The van der Waals surface area contributed by atoms with Crippen molar-refractivity contribution in [3.63, 3.8) is 0 Å². The molecule has 0 aromatic heterocycles. The molecular weight excluding hydrogens is 138 g/mol. The highest BCUT2D eigenvalue weighted by atomic mass is 16.2. The lowest BCUT2D eigenvalue weighted by Crippen LogP contribution is -2.07. The monoisotopic (exact) mass is 155 g/mol. The highest BCUT2D eigenvalue weighted by Gasteiger charge is 2.10. The molecule has 0 bridgehead atoms. The number of aliphatic hydroxyl groups is 1. The smallest absolute Gasteiger partial charge is 0.0624 e. The van der Waals surface area contributed by atoms with Crippen LogP contribution in [0.3, 0.4) is 0 Å². The van der Waals surface area contributed by atoms with Crippen LogP contribution in [-0.4, -0.2) is 11.7 Å². The predicted molar refractivity (Wildman–Crippen MR) is 44.9 cm³/mol. The topological polar surface area (TPSA) is 44.0 Å². The van der Waals surface area contributed by atoms with Gasteiger partial charge < -0.3 is 5.11 Å². The second-order valence-corrected chi connectivity index (χ2v) is 3.18. The summed E-state index contributed by atoms with van der Waals surface area (Å²) in [6.07, 6.45) is 2.52. The molecule has 11 heavy (non-hydrogen) atoms. The van der Waals surface area contributed by atoms with Gasteiger partial charge in [-0.15, -0.1) is 0 Å². The number of hydrogen-bond acceptors (Lipinski definition) is 2. The van der Waals surface area contributed by atoms with Crippen LogP contribution in [0.5, 0.6) is 0 Å². The Labute approximate surface area is 68.8 Å². The van der Waals surface area contributed by atoms with E-state index in [9.17, 15) is 0 Å². The lowest BCUT2D eigenvalue weighted by molar-refractivity contribution is 0.258. The quantitative estimate of drug-likeness (QED) is 0.659. The molecule has 0 aromatic carbocycles.